The Kier molecular flexibility index (Phi) is 5.04. The summed E-state index contributed by atoms with van der Waals surface area (Å²) in [6.45, 7) is 4.41. The van der Waals surface area contributed by atoms with E-state index in [-0.39, 0.29) is 23.5 Å². The highest BCUT2D eigenvalue weighted by Crippen LogP contribution is 2.26. The zero-order valence-electron chi connectivity index (χ0n) is 15.6. The Morgan fingerprint density at radius 1 is 1.11 bits per heavy atom. The average Bonchev–Trinajstić information content (AvgIpc) is 3.21. The predicted molar refractivity (Wildman–Crippen MR) is 108 cm³/mol. The van der Waals surface area contributed by atoms with Crippen LogP contribution in [0.5, 0.6) is 0 Å². The Bertz CT molecular complexity index is 1130. The summed E-state index contributed by atoms with van der Waals surface area (Å²) in [5, 5.41) is 12.2. The van der Waals surface area contributed by atoms with Crippen molar-refractivity contribution in [3.05, 3.63) is 59.9 Å². The van der Waals surface area contributed by atoms with Gasteiger partial charge in [-0.2, -0.15) is 0 Å². The van der Waals surface area contributed by atoms with Gasteiger partial charge in [0.15, 0.2) is 5.16 Å². The van der Waals surface area contributed by atoms with Crippen LogP contribution in [0.4, 0.5) is 4.39 Å². The molecule has 2 aromatic carbocycles. The first kappa shape index (κ1) is 18.5. The molecule has 0 aliphatic heterocycles. The van der Waals surface area contributed by atoms with Crippen LogP contribution in [0.3, 0.4) is 0 Å². The lowest BCUT2D eigenvalue weighted by molar-refractivity contribution is -0.119. The molecule has 28 heavy (non-hydrogen) atoms. The number of para-hydroxylation sites is 2. The first-order chi connectivity index (χ1) is 13.5. The summed E-state index contributed by atoms with van der Waals surface area (Å²) in [7, 11) is 0. The van der Waals surface area contributed by atoms with Gasteiger partial charge in [0.05, 0.1) is 23.3 Å². The van der Waals surface area contributed by atoms with E-state index < -0.39 is 0 Å². The topological polar surface area (TPSA) is 64.2 Å². The summed E-state index contributed by atoms with van der Waals surface area (Å²) in [6, 6.07) is 14.5. The van der Waals surface area contributed by atoms with Crippen LogP contribution in [-0.4, -0.2) is 36.9 Å². The number of nitrogens with one attached hydrogen (secondary N) is 1. The molecule has 0 saturated carbocycles. The number of amides is 1. The van der Waals surface area contributed by atoms with Gasteiger partial charge in [0.1, 0.15) is 5.82 Å². The monoisotopic (exact) mass is 397 g/mol. The van der Waals surface area contributed by atoms with Crippen LogP contribution in [-0.2, 0) is 11.3 Å². The molecule has 8 heteroatoms. The molecule has 4 aromatic rings. The summed E-state index contributed by atoms with van der Waals surface area (Å²) >= 11 is 1.36. The first-order valence-corrected chi connectivity index (χ1v) is 10.0. The second kappa shape index (κ2) is 7.63. The van der Waals surface area contributed by atoms with Crippen LogP contribution >= 0.6 is 11.8 Å². The van der Waals surface area contributed by atoms with Crippen LogP contribution in [0.25, 0.3) is 16.8 Å². The number of carbonyl (C=O) groups is 1. The summed E-state index contributed by atoms with van der Waals surface area (Å²) in [6.07, 6.45) is 0. The van der Waals surface area contributed by atoms with Gasteiger partial charge in [-0.15, -0.1) is 10.2 Å². The lowest BCUT2D eigenvalue weighted by atomic mass is 10.2. The molecule has 2 heterocycles. The second-order valence-electron chi connectivity index (χ2n) is 6.83. The van der Waals surface area contributed by atoms with E-state index in [1.807, 2.05) is 47.1 Å². The molecule has 0 aliphatic rings. The third kappa shape index (κ3) is 3.60. The van der Waals surface area contributed by atoms with Crippen molar-refractivity contribution in [3.63, 3.8) is 0 Å². The lowest BCUT2D eigenvalue weighted by Crippen LogP contribution is -2.31. The van der Waals surface area contributed by atoms with Crippen molar-refractivity contribution in [1.82, 2.24) is 24.5 Å². The lowest BCUT2D eigenvalue weighted by Gasteiger charge is -2.06. The van der Waals surface area contributed by atoms with E-state index in [0.29, 0.717) is 17.5 Å². The van der Waals surface area contributed by atoms with Gasteiger partial charge in [0, 0.05) is 6.04 Å². The number of fused-ring (bicyclic) bond motifs is 3. The standard InChI is InChI=1S/C20H20FN5OS/c1-13(2)22-18(27)12-28-20-24-23-19-25(11-14-7-9-15(21)10-8-14)16-5-3-4-6-17(16)26(19)20/h3-10,13H,11-12H2,1-2H3,(H,22,27). The number of rotatable bonds is 6. The molecular formula is C20H20FN5OS. The zero-order valence-corrected chi connectivity index (χ0v) is 16.4. The molecule has 1 amide bonds. The Morgan fingerprint density at radius 3 is 2.54 bits per heavy atom. The largest absolute Gasteiger partial charge is 0.353 e. The molecule has 0 radical (unpaired) electrons. The van der Waals surface area contributed by atoms with Gasteiger partial charge in [-0.1, -0.05) is 36.0 Å². The number of halogens is 1. The van der Waals surface area contributed by atoms with Gasteiger partial charge in [0.2, 0.25) is 11.7 Å². The Hall–Kier alpha value is -2.87. The third-order valence-corrected chi connectivity index (χ3v) is 5.24. The van der Waals surface area contributed by atoms with Gasteiger partial charge < -0.3 is 9.88 Å². The number of imidazole rings is 1. The number of hydrogen-bond donors (Lipinski definition) is 1. The number of aromatic nitrogens is 4. The van der Waals surface area contributed by atoms with Crippen LogP contribution in [0.1, 0.15) is 19.4 Å². The molecular weight excluding hydrogens is 377 g/mol. The molecule has 144 valence electrons. The van der Waals surface area contributed by atoms with Gasteiger partial charge >= 0.3 is 0 Å². The number of nitrogens with zero attached hydrogens (tertiary/aromatic N) is 4. The fourth-order valence-corrected chi connectivity index (χ4v) is 3.90. The summed E-state index contributed by atoms with van der Waals surface area (Å²) < 4.78 is 17.2. The summed E-state index contributed by atoms with van der Waals surface area (Å²) in [4.78, 5) is 12.0. The maximum Gasteiger partial charge on any atom is 0.237 e. The van der Waals surface area contributed by atoms with Gasteiger partial charge in [-0.05, 0) is 43.7 Å². The van der Waals surface area contributed by atoms with E-state index in [1.165, 1.54) is 23.9 Å². The van der Waals surface area contributed by atoms with E-state index in [9.17, 15) is 9.18 Å². The maximum atomic E-state index is 13.2. The van der Waals surface area contributed by atoms with Crippen LogP contribution in [0.15, 0.2) is 53.7 Å². The van der Waals surface area contributed by atoms with Crippen LogP contribution in [0, 0.1) is 5.82 Å². The Morgan fingerprint density at radius 2 is 1.82 bits per heavy atom. The summed E-state index contributed by atoms with van der Waals surface area (Å²) in [5.41, 5.74) is 2.94. The molecule has 0 bridgehead atoms. The van der Waals surface area contributed by atoms with Crippen molar-refractivity contribution < 1.29 is 9.18 Å². The Labute approximate surface area is 165 Å². The third-order valence-electron chi connectivity index (χ3n) is 4.31. The van der Waals surface area contributed by atoms with E-state index in [1.54, 1.807) is 12.1 Å². The number of carbonyl (C=O) groups excluding carboxylic acids is 1. The zero-order chi connectivity index (χ0) is 19.7. The quantitative estimate of drug-likeness (QED) is 0.506. The second-order valence-corrected chi connectivity index (χ2v) is 7.77. The molecule has 6 nitrogen and oxygen atoms in total. The average molecular weight is 397 g/mol. The van der Waals surface area contributed by atoms with Gasteiger partial charge in [-0.3, -0.25) is 9.20 Å². The SMILES string of the molecule is CC(C)NC(=O)CSc1nnc2n(Cc3ccc(F)cc3)c3ccccc3n12. The van der Waals surface area contributed by atoms with E-state index >= 15 is 0 Å². The highest BCUT2D eigenvalue weighted by molar-refractivity contribution is 7.99. The molecule has 2 aromatic heterocycles. The van der Waals surface area contributed by atoms with Crippen molar-refractivity contribution >= 4 is 34.5 Å². The minimum Gasteiger partial charge on any atom is -0.353 e. The van der Waals surface area contributed by atoms with Crippen LogP contribution in [0.2, 0.25) is 0 Å². The normalized spacial score (nSPS) is 11.6. The van der Waals surface area contributed by atoms with E-state index in [2.05, 4.69) is 15.5 Å². The first-order valence-electron chi connectivity index (χ1n) is 9.02. The van der Waals surface area contributed by atoms with Gasteiger partial charge in [-0.25, -0.2) is 4.39 Å². The van der Waals surface area contributed by atoms with E-state index in [4.69, 9.17) is 0 Å². The Balaban J connectivity index is 1.71. The smallest absolute Gasteiger partial charge is 0.237 e. The van der Waals surface area contributed by atoms with Crippen molar-refractivity contribution in [3.8, 4) is 0 Å². The van der Waals surface area contributed by atoms with Gasteiger partial charge in [0.25, 0.3) is 0 Å². The summed E-state index contributed by atoms with van der Waals surface area (Å²) in [5.74, 6) is 0.674. The molecule has 0 fully saturated rings. The molecule has 0 atom stereocenters. The highest BCUT2D eigenvalue weighted by atomic mass is 32.2. The van der Waals surface area contributed by atoms with Crippen molar-refractivity contribution in [2.45, 2.75) is 31.6 Å². The minimum atomic E-state index is -0.257. The fourth-order valence-electron chi connectivity index (χ4n) is 3.15. The van der Waals surface area contributed by atoms with Crippen LogP contribution < -0.4 is 5.32 Å². The van der Waals surface area contributed by atoms with E-state index in [0.717, 1.165) is 16.6 Å². The minimum absolute atomic E-state index is 0.0354. The highest BCUT2D eigenvalue weighted by Gasteiger charge is 2.18. The number of hydrogen-bond acceptors (Lipinski definition) is 4. The molecule has 0 unspecified atom stereocenters. The molecule has 4 rings (SSSR count). The van der Waals surface area contributed by atoms with Crippen molar-refractivity contribution in [1.29, 1.82) is 0 Å². The molecule has 1 N–H and O–H groups in total. The number of benzene rings is 2. The molecule has 0 spiro atoms. The fraction of sp³-hybridized carbons (Fsp3) is 0.250. The van der Waals surface area contributed by atoms with Crippen molar-refractivity contribution in [2.75, 3.05) is 5.75 Å². The molecule has 0 saturated heterocycles. The number of thioether (sulfide) groups is 1. The maximum absolute atomic E-state index is 13.2. The molecule has 0 aliphatic carbocycles. The predicted octanol–water partition coefficient (Wildman–Crippen LogP) is 3.49. The van der Waals surface area contributed by atoms with Crippen molar-refractivity contribution in [2.24, 2.45) is 0 Å².